The number of ether oxygens (including phenoxy) is 1. The van der Waals surface area contributed by atoms with Gasteiger partial charge in [-0.3, -0.25) is 0 Å². The van der Waals surface area contributed by atoms with Crippen molar-refractivity contribution in [3.63, 3.8) is 0 Å². The fraction of sp³-hybridized carbons (Fsp3) is 0.571. The van der Waals surface area contributed by atoms with Gasteiger partial charge in [0.1, 0.15) is 5.76 Å². The summed E-state index contributed by atoms with van der Waals surface area (Å²) in [6, 6.07) is 3.92. The summed E-state index contributed by atoms with van der Waals surface area (Å²) in [7, 11) is 0. The lowest BCUT2D eigenvalue weighted by Crippen LogP contribution is -2.36. The number of hydrogen-bond acceptors (Lipinski definition) is 5. The summed E-state index contributed by atoms with van der Waals surface area (Å²) in [6.07, 6.45) is 6.16. The number of pyridine rings is 1. The summed E-state index contributed by atoms with van der Waals surface area (Å²) in [4.78, 5) is 13.3. The predicted molar refractivity (Wildman–Crippen MR) is 109 cm³/mol. The molecule has 7 nitrogen and oxygen atoms in total. The first-order chi connectivity index (χ1) is 13.4. The van der Waals surface area contributed by atoms with Crippen LogP contribution < -0.4 is 15.4 Å². The molecule has 2 N–H and O–H groups in total. The second-order valence-electron chi connectivity index (χ2n) is 8.18. The summed E-state index contributed by atoms with van der Waals surface area (Å²) in [5.74, 6) is 3.65. The van der Waals surface area contributed by atoms with Crippen LogP contribution in [0.2, 0.25) is 0 Å². The molecule has 0 atom stereocenters. The highest BCUT2D eigenvalue weighted by Crippen LogP contribution is 2.29. The van der Waals surface area contributed by atoms with E-state index in [2.05, 4.69) is 46.4 Å². The van der Waals surface area contributed by atoms with Crippen molar-refractivity contribution < 1.29 is 9.15 Å². The average molecular weight is 386 g/mol. The van der Waals surface area contributed by atoms with Crippen LogP contribution in [0.3, 0.4) is 0 Å². The van der Waals surface area contributed by atoms with Crippen LogP contribution in [-0.4, -0.2) is 29.1 Å². The molecule has 0 unspecified atom stereocenters. The number of nitrogens with zero attached hydrogens (tertiary/aromatic N) is 3. The second-order valence-corrected chi connectivity index (χ2v) is 8.18. The van der Waals surface area contributed by atoms with E-state index in [1.54, 1.807) is 6.20 Å². The van der Waals surface area contributed by atoms with Crippen molar-refractivity contribution in [2.45, 2.75) is 59.0 Å². The average Bonchev–Trinajstić information content (AvgIpc) is 3.37. The van der Waals surface area contributed by atoms with Gasteiger partial charge in [0.15, 0.2) is 5.96 Å². The number of nitrogens with one attached hydrogen (secondary N) is 2. The molecule has 0 aliphatic heterocycles. The Labute approximate surface area is 167 Å². The highest BCUT2D eigenvalue weighted by atomic mass is 16.5. The van der Waals surface area contributed by atoms with Crippen LogP contribution in [0.5, 0.6) is 5.88 Å². The Kier molecular flexibility index (Phi) is 6.54. The highest BCUT2D eigenvalue weighted by molar-refractivity contribution is 5.79. The molecule has 0 aromatic carbocycles. The Morgan fingerprint density at radius 2 is 2.04 bits per heavy atom. The Balaban J connectivity index is 1.52. The first-order valence-corrected chi connectivity index (χ1v) is 9.99. The lowest BCUT2D eigenvalue weighted by atomic mass is 9.94. The van der Waals surface area contributed by atoms with E-state index in [1.807, 2.05) is 25.3 Å². The minimum Gasteiger partial charge on any atom is -0.477 e. The molecular formula is C21H31N5O2. The van der Waals surface area contributed by atoms with Crippen LogP contribution in [-0.2, 0) is 18.5 Å². The van der Waals surface area contributed by atoms with Crippen LogP contribution in [0.4, 0.5) is 0 Å². The van der Waals surface area contributed by atoms with Crippen LogP contribution >= 0.6 is 0 Å². The van der Waals surface area contributed by atoms with Crippen LogP contribution in [0.1, 0.15) is 57.8 Å². The van der Waals surface area contributed by atoms with Crippen molar-refractivity contribution in [2.24, 2.45) is 10.9 Å². The summed E-state index contributed by atoms with van der Waals surface area (Å²) >= 11 is 0. The fourth-order valence-corrected chi connectivity index (χ4v) is 2.49. The third-order valence-corrected chi connectivity index (χ3v) is 4.43. The third-order valence-electron chi connectivity index (χ3n) is 4.43. The molecule has 1 fully saturated rings. The molecule has 2 aromatic rings. The van der Waals surface area contributed by atoms with E-state index in [-0.39, 0.29) is 5.41 Å². The van der Waals surface area contributed by atoms with E-state index in [9.17, 15) is 0 Å². The van der Waals surface area contributed by atoms with E-state index in [4.69, 9.17) is 9.15 Å². The number of aromatic nitrogens is 2. The Morgan fingerprint density at radius 3 is 2.64 bits per heavy atom. The Morgan fingerprint density at radius 1 is 1.21 bits per heavy atom. The standard InChI is InChI=1S/C21H31N5O2/c1-5-22-20(26-13-19-24-12-17(28-19)21(2,3)4)25-11-16-8-9-18(23-10-16)27-14-15-6-7-15/h8-10,12,15H,5-7,11,13-14H2,1-4H3,(H2,22,25,26). The molecule has 0 spiro atoms. The Bertz CT molecular complexity index is 773. The first kappa shape index (κ1) is 20.2. The van der Waals surface area contributed by atoms with E-state index >= 15 is 0 Å². The van der Waals surface area contributed by atoms with Gasteiger partial charge in [-0.05, 0) is 31.2 Å². The maximum absolute atomic E-state index is 5.82. The van der Waals surface area contributed by atoms with Crippen molar-refractivity contribution in [3.8, 4) is 5.88 Å². The maximum atomic E-state index is 5.82. The van der Waals surface area contributed by atoms with Gasteiger partial charge < -0.3 is 19.8 Å². The van der Waals surface area contributed by atoms with Gasteiger partial charge in [0.25, 0.3) is 0 Å². The molecule has 3 rings (SSSR count). The largest absolute Gasteiger partial charge is 0.477 e. The lowest BCUT2D eigenvalue weighted by molar-refractivity contribution is 0.288. The van der Waals surface area contributed by atoms with E-state index < -0.39 is 0 Å². The highest BCUT2D eigenvalue weighted by Gasteiger charge is 2.22. The summed E-state index contributed by atoms with van der Waals surface area (Å²) in [5.41, 5.74) is 0.980. The van der Waals surface area contributed by atoms with Crippen LogP contribution in [0, 0.1) is 5.92 Å². The number of guanidine groups is 1. The van der Waals surface area contributed by atoms with Crippen LogP contribution in [0.15, 0.2) is 33.9 Å². The van der Waals surface area contributed by atoms with E-state index in [1.165, 1.54) is 12.8 Å². The molecule has 0 saturated heterocycles. The molecule has 1 aliphatic carbocycles. The minimum atomic E-state index is -0.0502. The SMILES string of the molecule is CCNC(=NCc1ccc(OCC2CC2)nc1)NCc1ncc(C(C)(C)C)o1. The number of aliphatic imine (C=N–C) groups is 1. The van der Waals surface area contributed by atoms with Gasteiger partial charge in [-0.25, -0.2) is 15.0 Å². The third kappa shape index (κ3) is 6.25. The zero-order valence-electron chi connectivity index (χ0n) is 17.3. The molecule has 152 valence electrons. The smallest absolute Gasteiger partial charge is 0.213 e. The zero-order valence-corrected chi connectivity index (χ0v) is 17.3. The van der Waals surface area contributed by atoms with Gasteiger partial charge in [0, 0.05) is 24.2 Å². The van der Waals surface area contributed by atoms with Gasteiger partial charge in [-0.1, -0.05) is 26.8 Å². The van der Waals surface area contributed by atoms with Gasteiger partial charge in [0.2, 0.25) is 11.8 Å². The molecule has 1 saturated carbocycles. The molecular weight excluding hydrogens is 354 g/mol. The molecule has 7 heteroatoms. The summed E-state index contributed by atoms with van der Waals surface area (Å²) in [5, 5.41) is 6.50. The first-order valence-electron chi connectivity index (χ1n) is 9.99. The Hall–Kier alpha value is -2.57. The second kappa shape index (κ2) is 9.08. The molecule has 0 amide bonds. The van der Waals surface area contributed by atoms with Crippen molar-refractivity contribution in [1.82, 2.24) is 20.6 Å². The van der Waals surface area contributed by atoms with Crippen molar-refractivity contribution in [2.75, 3.05) is 13.2 Å². The normalized spacial score (nSPS) is 14.8. The quantitative estimate of drug-likeness (QED) is 0.535. The number of hydrogen-bond donors (Lipinski definition) is 2. The molecule has 1 aliphatic rings. The maximum Gasteiger partial charge on any atom is 0.213 e. The number of rotatable bonds is 8. The minimum absolute atomic E-state index is 0.0502. The zero-order chi connectivity index (χ0) is 20.0. The van der Waals surface area contributed by atoms with Crippen molar-refractivity contribution >= 4 is 5.96 Å². The molecule has 2 aromatic heterocycles. The predicted octanol–water partition coefficient (Wildman–Crippen LogP) is 3.41. The van der Waals surface area contributed by atoms with Crippen LogP contribution in [0.25, 0.3) is 0 Å². The number of oxazole rings is 1. The lowest BCUT2D eigenvalue weighted by Gasteiger charge is -2.13. The molecule has 2 heterocycles. The summed E-state index contributed by atoms with van der Waals surface area (Å²) in [6.45, 7) is 10.9. The van der Waals surface area contributed by atoms with Gasteiger partial charge in [-0.15, -0.1) is 0 Å². The van der Waals surface area contributed by atoms with Gasteiger partial charge in [-0.2, -0.15) is 0 Å². The molecule has 0 bridgehead atoms. The topological polar surface area (TPSA) is 84.6 Å². The summed E-state index contributed by atoms with van der Waals surface area (Å²) < 4.78 is 11.5. The monoisotopic (exact) mass is 385 g/mol. The van der Waals surface area contributed by atoms with Crippen molar-refractivity contribution in [1.29, 1.82) is 0 Å². The van der Waals surface area contributed by atoms with Gasteiger partial charge >= 0.3 is 0 Å². The molecule has 0 radical (unpaired) electrons. The van der Waals surface area contributed by atoms with Gasteiger partial charge in [0.05, 0.1) is 25.9 Å². The molecule has 28 heavy (non-hydrogen) atoms. The van der Waals surface area contributed by atoms with E-state index in [0.717, 1.165) is 30.4 Å². The van der Waals surface area contributed by atoms with Crippen molar-refractivity contribution in [3.05, 3.63) is 41.7 Å². The fourth-order valence-electron chi connectivity index (χ4n) is 2.49. The van der Waals surface area contributed by atoms with E-state index in [0.29, 0.717) is 30.8 Å².